The van der Waals surface area contributed by atoms with Crippen molar-refractivity contribution in [3.05, 3.63) is 29.6 Å². The zero-order valence-electron chi connectivity index (χ0n) is 11.5. The number of carbonyl (C=O) groups excluding carboxylic acids is 1. The maximum Gasteiger partial charge on any atom is 0.387 e. The third-order valence-corrected chi connectivity index (χ3v) is 2.47. The molecule has 0 saturated heterocycles. The van der Waals surface area contributed by atoms with E-state index < -0.39 is 24.1 Å². The smallest absolute Gasteiger partial charge is 0.387 e. The number of halogens is 3. The van der Waals surface area contributed by atoms with Crippen molar-refractivity contribution in [1.29, 1.82) is 0 Å². The minimum Gasteiger partial charge on any atom is -0.434 e. The van der Waals surface area contributed by atoms with Gasteiger partial charge in [-0.2, -0.15) is 8.78 Å². The van der Waals surface area contributed by atoms with Crippen molar-refractivity contribution < 1.29 is 27.4 Å². The van der Waals surface area contributed by atoms with Gasteiger partial charge in [0, 0.05) is 32.8 Å². The first-order valence-corrected chi connectivity index (χ1v) is 6.26. The summed E-state index contributed by atoms with van der Waals surface area (Å²) in [5, 5.41) is 5.52. The lowest BCUT2D eigenvalue weighted by Crippen LogP contribution is -2.33. The Kier molecular flexibility index (Phi) is 7.55. The van der Waals surface area contributed by atoms with E-state index in [9.17, 15) is 18.0 Å². The number of alkyl halides is 2. The maximum atomic E-state index is 13.0. The number of carbonyl (C=O) groups is 1. The molecule has 21 heavy (non-hydrogen) atoms. The van der Waals surface area contributed by atoms with Crippen LogP contribution < -0.4 is 15.4 Å². The molecule has 8 heteroatoms. The summed E-state index contributed by atoms with van der Waals surface area (Å²) in [6, 6.07) is 2.85. The number of ether oxygens (including phenoxy) is 2. The Morgan fingerprint density at radius 3 is 2.71 bits per heavy atom. The van der Waals surface area contributed by atoms with E-state index in [1.54, 1.807) is 7.11 Å². The second-order valence-corrected chi connectivity index (χ2v) is 4.02. The molecule has 0 saturated carbocycles. The lowest BCUT2D eigenvalue weighted by Gasteiger charge is -2.11. The molecule has 0 aliphatic heterocycles. The summed E-state index contributed by atoms with van der Waals surface area (Å²) >= 11 is 0. The molecule has 0 aromatic heterocycles. The van der Waals surface area contributed by atoms with Gasteiger partial charge in [0.2, 0.25) is 0 Å². The minimum atomic E-state index is -3.13. The molecule has 1 aromatic carbocycles. The fourth-order valence-corrected chi connectivity index (χ4v) is 1.54. The SMILES string of the molecule is COCCNCCNC(=O)c1ccc(F)cc1OC(F)F. The number of nitrogens with one attached hydrogen (secondary N) is 2. The molecule has 0 aliphatic carbocycles. The van der Waals surface area contributed by atoms with E-state index in [0.29, 0.717) is 19.7 Å². The summed E-state index contributed by atoms with van der Waals surface area (Å²) in [5.74, 6) is -1.86. The molecule has 2 N–H and O–H groups in total. The van der Waals surface area contributed by atoms with Gasteiger partial charge in [0.05, 0.1) is 12.2 Å². The Balaban J connectivity index is 2.53. The monoisotopic (exact) mass is 306 g/mol. The van der Waals surface area contributed by atoms with Gasteiger partial charge in [0.1, 0.15) is 11.6 Å². The molecule has 0 aliphatic rings. The number of hydrogen-bond acceptors (Lipinski definition) is 4. The van der Waals surface area contributed by atoms with Crippen LogP contribution >= 0.6 is 0 Å². The van der Waals surface area contributed by atoms with Crippen molar-refractivity contribution in [3.8, 4) is 5.75 Å². The van der Waals surface area contributed by atoms with E-state index in [1.165, 1.54) is 0 Å². The summed E-state index contributed by atoms with van der Waals surface area (Å²) < 4.78 is 46.4. The first-order chi connectivity index (χ1) is 10.0. The van der Waals surface area contributed by atoms with E-state index in [1.807, 2.05) is 0 Å². The van der Waals surface area contributed by atoms with Crippen molar-refractivity contribution in [2.45, 2.75) is 6.61 Å². The van der Waals surface area contributed by atoms with E-state index in [-0.39, 0.29) is 12.1 Å². The number of methoxy groups -OCH3 is 1. The van der Waals surface area contributed by atoms with Crippen molar-refractivity contribution in [2.75, 3.05) is 33.4 Å². The van der Waals surface area contributed by atoms with Crippen LogP contribution in [0.15, 0.2) is 18.2 Å². The second kappa shape index (κ2) is 9.19. The second-order valence-electron chi connectivity index (χ2n) is 4.02. The van der Waals surface area contributed by atoms with Crippen LogP contribution in [0.5, 0.6) is 5.75 Å². The van der Waals surface area contributed by atoms with Crippen LogP contribution in [0.3, 0.4) is 0 Å². The zero-order valence-corrected chi connectivity index (χ0v) is 11.5. The molecule has 0 bridgehead atoms. The first kappa shape index (κ1) is 17.3. The molecule has 0 atom stereocenters. The lowest BCUT2D eigenvalue weighted by atomic mass is 10.2. The van der Waals surface area contributed by atoms with Gasteiger partial charge in [0.25, 0.3) is 5.91 Å². The average Bonchev–Trinajstić information content (AvgIpc) is 2.42. The molecule has 0 heterocycles. The topological polar surface area (TPSA) is 59.6 Å². The highest BCUT2D eigenvalue weighted by Gasteiger charge is 2.16. The molecule has 1 aromatic rings. The van der Waals surface area contributed by atoms with Crippen LogP contribution in [0.4, 0.5) is 13.2 Å². The van der Waals surface area contributed by atoms with Gasteiger partial charge in [-0.25, -0.2) is 4.39 Å². The van der Waals surface area contributed by atoms with Gasteiger partial charge < -0.3 is 20.1 Å². The first-order valence-electron chi connectivity index (χ1n) is 6.26. The quantitative estimate of drug-likeness (QED) is 0.677. The molecule has 0 spiro atoms. The van der Waals surface area contributed by atoms with Gasteiger partial charge in [-0.1, -0.05) is 0 Å². The van der Waals surface area contributed by atoms with Crippen molar-refractivity contribution in [2.24, 2.45) is 0 Å². The molecular weight excluding hydrogens is 289 g/mol. The van der Waals surface area contributed by atoms with E-state index in [2.05, 4.69) is 15.4 Å². The zero-order chi connectivity index (χ0) is 15.7. The third kappa shape index (κ3) is 6.46. The fraction of sp³-hybridized carbons (Fsp3) is 0.462. The molecule has 0 unspecified atom stereocenters. The largest absolute Gasteiger partial charge is 0.434 e. The van der Waals surface area contributed by atoms with E-state index in [0.717, 1.165) is 18.2 Å². The highest BCUT2D eigenvalue weighted by atomic mass is 19.3. The van der Waals surface area contributed by atoms with Gasteiger partial charge in [-0.15, -0.1) is 0 Å². The average molecular weight is 306 g/mol. The summed E-state index contributed by atoms with van der Waals surface area (Å²) in [7, 11) is 1.57. The normalized spacial score (nSPS) is 10.7. The van der Waals surface area contributed by atoms with Gasteiger partial charge in [-0.3, -0.25) is 4.79 Å². The van der Waals surface area contributed by atoms with Gasteiger partial charge >= 0.3 is 6.61 Å². The van der Waals surface area contributed by atoms with Crippen LogP contribution in [0, 0.1) is 5.82 Å². The third-order valence-electron chi connectivity index (χ3n) is 2.47. The Morgan fingerprint density at radius 2 is 2.05 bits per heavy atom. The number of benzene rings is 1. The number of amides is 1. The Morgan fingerprint density at radius 1 is 1.29 bits per heavy atom. The summed E-state index contributed by atoms with van der Waals surface area (Å²) in [6.45, 7) is -1.19. The van der Waals surface area contributed by atoms with Gasteiger partial charge in [0.15, 0.2) is 0 Å². The Hall–Kier alpha value is -1.80. The summed E-state index contributed by atoms with van der Waals surface area (Å²) in [4.78, 5) is 11.8. The van der Waals surface area contributed by atoms with Crippen LogP contribution in [0.25, 0.3) is 0 Å². The Bertz CT molecular complexity index is 458. The molecule has 118 valence electrons. The van der Waals surface area contributed by atoms with Gasteiger partial charge in [-0.05, 0) is 12.1 Å². The molecule has 0 fully saturated rings. The molecule has 1 rings (SSSR count). The molecular formula is C13H17F3N2O3. The van der Waals surface area contributed by atoms with Crippen LogP contribution in [0.1, 0.15) is 10.4 Å². The summed E-state index contributed by atoms with van der Waals surface area (Å²) in [5.41, 5.74) is -0.145. The lowest BCUT2D eigenvalue weighted by molar-refractivity contribution is -0.0503. The fourth-order valence-electron chi connectivity index (χ4n) is 1.54. The van der Waals surface area contributed by atoms with Crippen molar-refractivity contribution in [3.63, 3.8) is 0 Å². The molecule has 0 radical (unpaired) electrons. The predicted octanol–water partition coefficient (Wildman–Crippen LogP) is 1.39. The highest BCUT2D eigenvalue weighted by Crippen LogP contribution is 2.21. The number of rotatable bonds is 9. The van der Waals surface area contributed by atoms with Crippen LogP contribution in [-0.2, 0) is 4.74 Å². The molecule has 5 nitrogen and oxygen atoms in total. The maximum absolute atomic E-state index is 13.0. The van der Waals surface area contributed by atoms with Crippen molar-refractivity contribution >= 4 is 5.91 Å². The molecule has 1 amide bonds. The van der Waals surface area contributed by atoms with E-state index in [4.69, 9.17) is 4.74 Å². The van der Waals surface area contributed by atoms with Crippen molar-refractivity contribution in [1.82, 2.24) is 10.6 Å². The predicted molar refractivity (Wildman–Crippen MR) is 70.1 cm³/mol. The minimum absolute atomic E-state index is 0.145. The van der Waals surface area contributed by atoms with E-state index >= 15 is 0 Å². The summed E-state index contributed by atoms with van der Waals surface area (Å²) in [6.07, 6.45) is 0. The van der Waals surface area contributed by atoms with Crippen LogP contribution in [-0.4, -0.2) is 45.9 Å². The standard InChI is InChI=1S/C13H17F3N2O3/c1-20-7-6-17-4-5-18-12(19)10-3-2-9(14)8-11(10)21-13(15)16/h2-3,8,13,17H,4-7H2,1H3,(H,18,19). The Labute approximate surface area is 120 Å². The van der Waals surface area contributed by atoms with Crippen LogP contribution in [0.2, 0.25) is 0 Å². The highest BCUT2D eigenvalue weighted by molar-refractivity contribution is 5.96. The number of hydrogen-bond donors (Lipinski definition) is 2.